The Bertz CT molecular complexity index is 1640. The summed E-state index contributed by atoms with van der Waals surface area (Å²) in [5, 5.41) is 16.5. The number of nitrogens with two attached hydrogens (primary N) is 2. The van der Waals surface area contributed by atoms with Crippen LogP contribution >= 0.6 is 11.3 Å². The fourth-order valence-corrected chi connectivity index (χ4v) is 5.52. The van der Waals surface area contributed by atoms with Gasteiger partial charge in [-0.3, -0.25) is 0 Å². The highest BCUT2D eigenvalue weighted by Gasteiger charge is 2.31. The molecule has 2 aromatic carbocycles. The van der Waals surface area contributed by atoms with E-state index in [4.69, 9.17) is 20.6 Å². The molecule has 0 bridgehead atoms. The average molecular weight is 593 g/mol. The number of nitrogens with zero attached hydrogens (tertiary/aromatic N) is 2. The van der Waals surface area contributed by atoms with Crippen LogP contribution in [0, 0.1) is 29.0 Å². The van der Waals surface area contributed by atoms with Gasteiger partial charge in [-0.1, -0.05) is 30.0 Å². The Morgan fingerprint density at radius 1 is 1.29 bits per heavy atom. The van der Waals surface area contributed by atoms with Crippen molar-refractivity contribution >= 4 is 44.8 Å². The molecule has 8 nitrogen and oxygen atoms in total. The van der Waals surface area contributed by atoms with E-state index in [1.54, 1.807) is 6.07 Å². The van der Waals surface area contributed by atoms with E-state index in [0.717, 1.165) is 35.3 Å². The standard InChI is InChI=1S/C30H29FN4O4S2/c1-30(16-39-17-30)10-9-18-3-2-4-21(11-18)27(32)22(12-20-7-8-26(41(33)38)23(31)13-20)24(14-19-5-6-19)34-29-35-25(15-40-29)28(36)37/h2-4,7-8,11,13,15,19H,5-6,12,14,16-17,32-33H2,1H3,(H,36,37)/b27-22-,34-24+. The summed E-state index contributed by atoms with van der Waals surface area (Å²) in [6.45, 7) is 3.25. The maximum atomic E-state index is 14.8. The van der Waals surface area contributed by atoms with Crippen LogP contribution < -0.4 is 10.9 Å². The fourth-order valence-electron chi connectivity index (χ4n) is 4.38. The Morgan fingerprint density at radius 2 is 2.07 bits per heavy atom. The van der Waals surface area contributed by atoms with E-state index in [1.165, 1.54) is 17.5 Å². The van der Waals surface area contributed by atoms with Gasteiger partial charge in [-0.05, 0) is 67.5 Å². The van der Waals surface area contributed by atoms with E-state index in [0.29, 0.717) is 53.2 Å². The van der Waals surface area contributed by atoms with Gasteiger partial charge in [0.15, 0.2) is 5.69 Å². The lowest BCUT2D eigenvalue weighted by Gasteiger charge is -2.32. The minimum atomic E-state index is -1.96. The number of aliphatic imine (C=N–C) groups is 1. The van der Waals surface area contributed by atoms with E-state index in [-0.39, 0.29) is 22.4 Å². The summed E-state index contributed by atoms with van der Waals surface area (Å²) in [6.07, 6.45) is 2.94. The molecule has 0 radical (unpaired) electrons. The van der Waals surface area contributed by atoms with Gasteiger partial charge in [0.1, 0.15) is 16.8 Å². The summed E-state index contributed by atoms with van der Waals surface area (Å²) in [7, 11) is -1.96. The second-order valence-electron chi connectivity index (χ2n) is 10.5. The van der Waals surface area contributed by atoms with Crippen molar-refractivity contribution in [3.63, 3.8) is 0 Å². The number of hydrogen-bond acceptors (Lipinski definition) is 7. The molecule has 212 valence electrons. The van der Waals surface area contributed by atoms with Crippen molar-refractivity contribution in [1.82, 2.24) is 4.98 Å². The average Bonchev–Trinajstić information content (AvgIpc) is 3.62. The Kier molecular flexibility index (Phi) is 8.47. The Morgan fingerprint density at radius 3 is 2.68 bits per heavy atom. The first-order valence-electron chi connectivity index (χ1n) is 13.0. The van der Waals surface area contributed by atoms with Crippen LogP contribution in [0.5, 0.6) is 0 Å². The SMILES string of the molecule is CC1(C#Cc2cccc(/C(N)=C(Cc3ccc(S(N)=O)c(F)c3)/C(CC3CC3)=N/c3nc(C(=O)O)cs3)c2)COC1. The molecule has 0 amide bonds. The molecule has 1 saturated carbocycles. The summed E-state index contributed by atoms with van der Waals surface area (Å²) < 4.78 is 31.7. The minimum Gasteiger partial charge on any atom is -0.476 e. The summed E-state index contributed by atoms with van der Waals surface area (Å²) in [5.74, 6) is 5.12. The van der Waals surface area contributed by atoms with Gasteiger partial charge in [-0.15, -0.1) is 11.3 Å². The Balaban J connectivity index is 1.60. The van der Waals surface area contributed by atoms with Gasteiger partial charge >= 0.3 is 5.97 Å². The summed E-state index contributed by atoms with van der Waals surface area (Å²) in [6, 6.07) is 12.0. The number of carbonyl (C=O) groups is 1. The summed E-state index contributed by atoms with van der Waals surface area (Å²) in [4.78, 5) is 20.3. The third-order valence-electron chi connectivity index (χ3n) is 6.91. The molecule has 5 N–H and O–H groups in total. The van der Waals surface area contributed by atoms with Crippen LogP contribution in [-0.4, -0.2) is 39.2 Å². The van der Waals surface area contributed by atoms with Gasteiger partial charge < -0.3 is 15.6 Å². The number of carboxylic acid groups (broad SMARTS) is 1. The molecule has 2 aliphatic rings. The van der Waals surface area contributed by atoms with E-state index < -0.39 is 22.8 Å². The van der Waals surface area contributed by atoms with Crippen LogP contribution in [0.15, 0.2) is 63.3 Å². The topological polar surface area (TPSA) is 141 Å². The van der Waals surface area contributed by atoms with Gasteiger partial charge in [0.25, 0.3) is 0 Å². The summed E-state index contributed by atoms with van der Waals surface area (Å²) in [5.41, 5.74) is 10.5. The van der Waals surface area contributed by atoms with E-state index in [1.807, 2.05) is 24.3 Å². The van der Waals surface area contributed by atoms with Gasteiger partial charge in [-0.2, -0.15) is 0 Å². The predicted molar refractivity (Wildman–Crippen MR) is 158 cm³/mol. The zero-order chi connectivity index (χ0) is 29.1. The number of aromatic carboxylic acids is 1. The molecule has 1 aromatic heterocycles. The van der Waals surface area contributed by atoms with Crippen LogP contribution in [0.4, 0.5) is 9.52 Å². The first-order chi connectivity index (χ1) is 19.6. The zero-order valence-electron chi connectivity index (χ0n) is 22.4. The molecule has 1 aliphatic carbocycles. The number of aromatic nitrogens is 1. The molecular weight excluding hydrogens is 563 g/mol. The van der Waals surface area contributed by atoms with Gasteiger partial charge in [-0.25, -0.2) is 28.5 Å². The number of allylic oxidation sites excluding steroid dienone is 1. The molecule has 0 spiro atoms. The molecule has 1 aliphatic heterocycles. The smallest absolute Gasteiger partial charge is 0.355 e. The van der Waals surface area contributed by atoms with E-state index >= 15 is 0 Å². The second kappa shape index (κ2) is 12.0. The minimum absolute atomic E-state index is 0.0812. The number of benzene rings is 2. The van der Waals surface area contributed by atoms with Crippen LogP contribution in [0.1, 0.15) is 53.4 Å². The molecule has 41 heavy (non-hydrogen) atoms. The first-order valence-corrected chi connectivity index (χ1v) is 15.1. The number of thiazole rings is 1. The maximum Gasteiger partial charge on any atom is 0.355 e. The molecule has 2 fully saturated rings. The zero-order valence-corrected chi connectivity index (χ0v) is 24.0. The first kappa shape index (κ1) is 28.8. The van der Waals surface area contributed by atoms with Gasteiger partial charge in [0.05, 0.1) is 23.5 Å². The molecule has 1 saturated heterocycles. The van der Waals surface area contributed by atoms with Crippen molar-refractivity contribution in [3.05, 3.63) is 81.6 Å². The lowest BCUT2D eigenvalue weighted by molar-refractivity contribution is -0.0648. The Hall–Kier alpha value is -3.69. The van der Waals surface area contributed by atoms with Crippen LogP contribution in [0.2, 0.25) is 0 Å². The van der Waals surface area contributed by atoms with Crippen molar-refractivity contribution in [3.8, 4) is 11.8 Å². The van der Waals surface area contributed by atoms with Crippen molar-refractivity contribution in [2.75, 3.05) is 13.2 Å². The van der Waals surface area contributed by atoms with Gasteiger partial charge in [0, 0.05) is 34.3 Å². The van der Waals surface area contributed by atoms with Crippen LogP contribution in [0.3, 0.4) is 0 Å². The monoisotopic (exact) mass is 592 g/mol. The van der Waals surface area contributed by atoms with E-state index in [2.05, 4.69) is 23.7 Å². The molecule has 2 heterocycles. The molecule has 3 aromatic rings. The second-order valence-corrected chi connectivity index (χ2v) is 12.4. The number of hydrogen-bond donors (Lipinski definition) is 3. The fraction of sp³-hybridized carbons (Fsp3) is 0.300. The highest BCUT2D eigenvalue weighted by atomic mass is 32.2. The van der Waals surface area contributed by atoms with Crippen molar-refractivity contribution in [1.29, 1.82) is 0 Å². The Labute approximate surface area is 243 Å². The molecule has 11 heteroatoms. The van der Waals surface area contributed by atoms with Crippen molar-refractivity contribution in [2.24, 2.45) is 27.2 Å². The summed E-state index contributed by atoms with van der Waals surface area (Å²) >= 11 is 1.13. The molecule has 1 atom stereocenters. The maximum absolute atomic E-state index is 14.8. The van der Waals surface area contributed by atoms with Crippen LogP contribution in [-0.2, 0) is 22.1 Å². The van der Waals surface area contributed by atoms with Crippen molar-refractivity contribution < 1.29 is 23.2 Å². The third-order valence-corrected chi connectivity index (χ3v) is 8.41. The highest BCUT2D eigenvalue weighted by Crippen LogP contribution is 2.36. The lowest BCUT2D eigenvalue weighted by atomic mass is 9.89. The normalized spacial score (nSPS) is 17.6. The number of carboxylic acids is 1. The van der Waals surface area contributed by atoms with Gasteiger partial charge in [0.2, 0.25) is 5.13 Å². The van der Waals surface area contributed by atoms with Crippen LogP contribution in [0.25, 0.3) is 5.70 Å². The quantitative estimate of drug-likeness (QED) is 0.240. The third kappa shape index (κ3) is 7.15. The van der Waals surface area contributed by atoms with Crippen molar-refractivity contribution in [2.45, 2.75) is 37.5 Å². The predicted octanol–water partition coefficient (Wildman–Crippen LogP) is 4.84. The number of rotatable bonds is 9. The molecule has 5 rings (SSSR count). The largest absolute Gasteiger partial charge is 0.476 e. The molecular formula is C30H29FN4O4S2. The van der Waals surface area contributed by atoms with E-state index in [9.17, 15) is 18.5 Å². The highest BCUT2D eigenvalue weighted by molar-refractivity contribution is 7.82. The number of ether oxygens (including phenoxy) is 1. The lowest BCUT2D eigenvalue weighted by Crippen LogP contribution is -2.38. The number of halogens is 1. The molecule has 1 unspecified atom stereocenters.